The lowest BCUT2D eigenvalue weighted by atomic mass is 9.90. The third-order valence-corrected chi connectivity index (χ3v) is 9.14. The molecule has 0 N–H and O–H groups in total. The van der Waals surface area contributed by atoms with Gasteiger partial charge in [-0.3, -0.25) is 29.0 Å². The van der Waals surface area contributed by atoms with E-state index in [-0.39, 0.29) is 35.5 Å². The fraction of sp³-hybridized carbons (Fsp3) is 0.484. The van der Waals surface area contributed by atoms with Crippen LogP contribution in [0.15, 0.2) is 0 Å². The summed E-state index contributed by atoms with van der Waals surface area (Å²) in [6.07, 6.45) is 0. The molecule has 0 radical (unpaired) electrons. The van der Waals surface area contributed by atoms with Crippen molar-refractivity contribution in [3.05, 3.63) is 55.6 Å². The molecule has 5 rings (SSSR count). The van der Waals surface area contributed by atoms with Crippen LogP contribution in [-0.4, -0.2) is 62.5 Å². The van der Waals surface area contributed by atoms with Gasteiger partial charge in [-0.15, -0.1) is 5.10 Å². The van der Waals surface area contributed by atoms with Gasteiger partial charge in [0.05, 0.1) is 16.6 Å². The fourth-order valence-corrected chi connectivity index (χ4v) is 5.37. The monoisotopic (exact) mass is 547 g/mol. The van der Waals surface area contributed by atoms with E-state index in [0.29, 0.717) is 11.1 Å². The third-order valence-electron chi connectivity index (χ3n) is 9.14. The Morgan fingerprint density at radius 3 is 1.27 bits per heavy atom. The Bertz CT molecular complexity index is 1520. The minimum absolute atomic E-state index is 0.0579. The third kappa shape index (κ3) is 4.71. The van der Waals surface area contributed by atoms with Crippen LogP contribution in [0.25, 0.3) is 11.0 Å². The summed E-state index contributed by atoms with van der Waals surface area (Å²) in [5.41, 5.74) is 12.7. The molecule has 1 aromatic heterocycles. The standard InChI is InChI=1S/C13H15NO2.C11H15N3.C7H11NO2/c1-6-7(2)9(4)11-10(8(6)3)12(15)14(5)13(11)16;1-6-7(2)9(4)11-10(8(6)3)12-13-14(11)5;1-4-5(2)7(10)8(3)6(4)9/h1-5H3;1-5H3;4-5H,1-3H3. The van der Waals surface area contributed by atoms with Crippen molar-refractivity contribution in [2.24, 2.45) is 18.9 Å². The van der Waals surface area contributed by atoms with Gasteiger partial charge in [0.1, 0.15) is 5.52 Å². The number of imide groups is 2. The van der Waals surface area contributed by atoms with Crippen LogP contribution < -0.4 is 0 Å². The minimum atomic E-state index is -0.177. The summed E-state index contributed by atoms with van der Waals surface area (Å²) in [7, 11) is 5.01. The first-order valence-electron chi connectivity index (χ1n) is 13.5. The van der Waals surface area contributed by atoms with E-state index in [4.69, 9.17) is 0 Å². The number of likely N-dealkylation sites (tertiary alicyclic amines) is 1. The number of benzene rings is 2. The van der Waals surface area contributed by atoms with E-state index in [9.17, 15) is 19.2 Å². The summed E-state index contributed by atoms with van der Waals surface area (Å²) in [6.45, 7) is 19.9. The zero-order valence-electron chi connectivity index (χ0n) is 26.0. The molecule has 2 aliphatic heterocycles. The van der Waals surface area contributed by atoms with Crippen molar-refractivity contribution in [2.45, 2.75) is 69.2 Å². The Morgan fingerprint density at radius 1 is 0.525 bits per heavy atom. The van der Waals surface area contributed by atoms with Gasteiger partial charge in [-0.1, -0.05) is 19.1 Å². The van der Waals surface area contributed by atoms with E-state index in [2.05, 4.69) is 38.0 Å². The van der Waals surface area contributed by atoms with E-state index >= 15 is 0 Å². The first-order valence-corrected chi connectivity index (χ1v) is 13.5. The summed E-state index contributed by atoms with van der Waals surface area (Å²) in [5.74, 6) is -0.725. The molecule has 2 unspecified atom stereocenters. The molecule has 9 nitrogen and oxygen atoms in total. The lowest BCUT2D eigenvalue weighted by Gasteiger charge is -2.12. The maximum absolute atomic E-state index is 11.9. The summed E-state index contributed by atoms with van der Waals surface area (Å²) in [5, 5.41) is 8.26. The molecule has 0 spiro atoms. The molecule has 40 heavy (non-hydrogen) atoms. The van der Waals surface area contributed by atoms with Gasteiger partial charge in [-0.25, -0.2) is 4.68 Å². The molecule has 4 amide bonds. The Kier molecular flexibility index (Phi) is 8.39. The Hall–Kier alpha value is -3.88. The second kappa shape index (κ2) is 10.9. The normalized spacial score (nSPS) is 18.2. The van der Waals surface area contributed by atoms with Gasteiger partial charge in [0.15, 0.2) is 0 Å². The molecule has 0 saturated carbocycles. The highest BCUT2D eigenvalue weighted by Gasteiger charge is 2.39. The maximum Gasteiger partial charge on any atom is 0.261 e. The molecule has 2 aliphatic rings. The van der Waals surface area contributed by atoms with Crippen LogP contribution in [-0.2, 0) is 16.6 Å². The Labute approximate surface area is 236 Å². The maximum atomic E-state index is 11.9. The Morgan fingerprint density at radius 2 is 0.900 bits per heavy atom. The van der Waals surface area contributed by atoms with E-state index in [1.165, 1.54) is 46.1 Å². The van der Waals surface area contributed by atoms with Crippen molar-refractivity contribution in [1.29, 1.82) is 0 Å². The van der Waals surface area contributed by atoms with Crippen LogP contribution in [0.4, 0.5) is 0 Å². The fourth-order valence-electron chi connectivity index (χ4n) is 5.37. The number of aromatic nitrogens is 3. The molecule has 2 atom stereocenters. The number of fused-ring (bicyclic) bond motifs is 2. The van der Waals surface area contributed by atoms with Gasteiger partial charge in [-0.05, 0) is 99.9 Å². The van der Waals surface area contributed by atoms with Crippen molar-refractivity contribution in [2.75, 3.05) is 14.1 Å². The van der Waals surface area contributed by atoms with Gasteiger partial charge in [0, 0.05) is 33.0 Å². The van der Waals surface area contributed by atoms with Crippen molar-refractivity contribution in [3.63, 3.8) is 0 Å². The van der Waals surface area contributed by atoms with Crippen LogP contribution in [0.1, 0.15) is 79.1 Å². The molecule has 1 saturated heterocycles. The smallest absolute Gasteiger partial charge is 0.261 e. The highest BCUT2D eigenvalue weighted by molar-refractivity contribution is 6.22. The number of nitrogens with zero attached hydrogens (tertiary/aromatic N) is 5. The minimum Gasteiger partial charge on any atom is -0.285 e. The van der Waals surface area contributed by atoms with Crippen LogP contribution in [0.2, 0.25) is 0 Å². The van der Waals surface area contributed by atoms with Crippen LogP contribution in [0, 0.1) is 67.2 Å². The molecule has 1 fully saturated rings. The molecule has 214 valence electrons. The second-order valence-corrected chi connectivity index (χ2v) is 11.1. The van der Waals surface area contributed by atoms with Crippen molar-refractivity contribution in [3.8, 4) is 0 Å². The second-order valence-electron chi connectivity index (χ2n) is 11.1. The van der Waals surface area contributed by atoms with Crippen molar-refractivity contribution >= 4 is 34.7 Å². The van der Waals surface area contributed by atoms with E-state index in [1.807, 2.05) is 39.4 Å². The largest absolute Gasteiger partial charge is 0.285 e. The molecule has 0 aliphatic carbocycles. The molecule has 9 heteroatoms. The highest BCUT2D eigenvalue weighted by Crippen LogP contribution is 2.32. The zero-order valence-corrected chi connectivity index (χ0v) is 26.0. The average Bonchev–Trinajstić information content (AvgIpc) is 3.48. The number of rotatable bonds is 0. The zero-order chi connectivity index (χ0) is 30.5. The quantitative estimate of drug-likeness (QED) is 0.381. The lowest BCUT2D eigenvalue weighted by molar-refractivity contribution is -0.138. The molecule has 3 heterocycles. The molecule has 2 aromatic carbocycles. The first kappa shape index (κ1) is 30.7. The highest BCUT2D eigenvalue weighted by atomic mass is 16.2. The predicted molar refractivity (Wildman–Crippen MR) is 155 cm³/mol. The van der Waals surface area contributed by atoms with Gasteiger partial charge in [0.25, 0.3) is 11.8 Å². The lowest BCUT2D eigenvalue weighted by Crippen LogP contribution is -2.25. The number of carbonyl (C=O) groups excluding carboxylic acids is 4. The molecular formula is C31H41N5O4. The van der Waals surface area contributed by atoms with Crippen LogP contribution in [0.3, 0.4) is 0 Å². The molecule has 3 aromatic rings. The van der Waals surface area contributed by atoms with E-state index < -0.39 is 0 Å². The number of amides is 4. The number of hydrogen-bond donors (Lipinski definition) is 0. The first-order chi connectivity index (χ1) is 18.5. The van der Waals surface area contributed by atoms with Crippen molar-refractivity contribution in [1.82, 2.24) is 24.8 Å². The summed E-state index contributed by atoms with van der Waals surface area (Å²) in [4.78, 5) is 48.4. The topological polar surface area (TPSA) is 105 Å². The predicted octanol–water partition coefficient (Wildman–Crippen LogP) is 4.61. The Balaban J connectivity index is 0.000000170. The molecule has 0 bridgehead atoms. The average molecular weight is 548 g/mol. The van der Waals surface area contributed by atoms with E-state index in [1.54, 1.807) is 13.8 Å². The van der Waals surface area contributed by atoms with E-state index in [0.717, 1.165) is 33.3 Å². The van der Waals surface area contributed by atoms with Crippen LogP contribution in [0.5, 0.6) is 0 Å². The van der Waals surface area contributed by atoms with Gasteiger partial charge in [-0.2, -0.15) is 0 Å². The number of hydrogen-bond acceptors (Lipinski definition) is 6. The summed E-state index contributed by atoms with van der Waals surface area (Å²) < 4.78 is 1.85. The summed E-state index contributed by atoms with van der Waals surface area (Å²) in [6, 6.07) is 0. The molecular weight excluding hydrogens is 506 g/mol. The summed E-state index contributed by atoms with van der Waals surface area (Å²) >= 11 is 0. The SMILES string of the molecule is CC1C(=O)N(C)C(=O)C1C.Cc1c(C)c(C)c2c(c1C)C(=O)N(C)C2=O.Cc1c(C)c(C)c2c(nnn2C)c1C. The number of carbonyl (C=O) groups is 4. The van der Waals surface area contributed by atoms with Gasteiger partial charge in [0.2, 0.25) is 11.8 Å². The van der Waals surface area contributed by atoms with Crippen LogP contribution >= 0.6 is 0 Å². The van der Waals surface area contributed by atoms with Gasteiger partial charge >= 0.3 is 0 Å². The van der Waals surface area contributed by atoms with Gasteiger partial charge < -0.3 is 0 Å². The number of aryl methyl sites for hydroxylation is 3. The van der Waals surface area contributed by atoms with Crippen molar-refractivity contribution < 1.29 is 19.2 Å².